The topological polar surface area (TPSA) is 47.3 Å². The normalized spacial score (nSPS) is 16.1. The first-order valence-electron chi connectivity index (χ1n) is 7.35. The van der Waals surface area contributed by atoms with Crippen molar-refractivity contribution in [2.45, 2.75) is 6.23 Å². The molecule has 0 amide bonds. The maximum Gasteiger partial charge on any atom is 0.237 e. The first kappa shape index (κ1) is 12.7. The van der Waals surface area contributed by atoms with Gasteiger partial charge in [-0.3, -0.25) is 0 Å². The van der Waals surface area contributed by atoms with Crippen LogP contribution >= 0.6 is 11.3 Å². The zero-order chi connectivity index (χ0) is 15.2. The van der Waals surface area contributed by atoms with E-state index >= 15 is 0 Å². The number of fused-ring (bicyclic) bond motifs is 2. The van der Waals surface area contributed by atoms with Gasteiger partial charge in [-0.05, 0) is 36.4 Å². The van der Waals surface area contributed by atoms with Gasteiger partial charge < -0.3 is 14.5 Å². The summed E-state index contributed by atoms with van der Waals surface area (Å²) in [5.74, 6) is 1.53. The van der Waals surface area contributed by atoms with E-state index in [1.165, 1.54) is 0 Å². The summed E-state index contributed by atoms with van der Waals surface area (Å²) in [4.78, 5) is 6.64. The largest absolute Gasteiger partial charge is 0.463 e. The summed E-state index contributed by atoms with van der Waals surface area (Å²) >= 11 is 1.63. The van der Waals surface area contributed by atoms with Gasteiger partial charge in [0.05, 0.1) is 15.4 Å². The Morgan fingerprint density at radius 2 is 1.83 bits per heavy atom. The zero-order valence-corrected chi connectivity index (χ0v) is 12.8. The Bertz CT molecular complexity index is 947. The average molecular weight is 320 g/mol. The van der Waals surface area contributed by atoms with Crippen molar-refractivity contribution in [2.24, 2.45) is 0 Å². The number of thiophene rings is 1. The van der Waals surface area contributed by atoms with Gasteiger partial charge in [0.1, 0.15) is 11.3 Å². The average Bonchev–Trinajstić information content (AvgIpc) is 3.30. The molecule has 0 radical (unpaired) electrons. The number of anilines is 1. The van der Waals surface area contributed by atoms with E-state index in [1.54, 1.807) is 11.3 Å². The van der Waals surface area contributed by atoms with Crippen LogP contribution in [0.3, 0.4) is 0 Å². The summed E-state index contributed by atoms with van der Waals surface area (Å²) < 4.78 is 11.8. The number of hydrogen-bond donors (Lipinski definition) is 1. The summed E-state index contributed by atoms with van der Waals surface area (Å²) in [5.41, 5.74) is 2.70. The predicted octanol–water partition coefficient (Wildman–Crippen LogP) is 5.06. The summed E-state index contributed by atoms with van der Waals surface area (Å²) in [6, 6.07) is 19.8. The van der Waals surface area contributed by atoms with Crippen molar-refractivity contribution in [3.8, 4) is 16.5 Å². The molecule has 112 valence electrons. The van der Waals surface area contributed by atoms with E-state index in [-0.39, 0.29) is 6.23 Å². The van der Waals surface area contributed by atoms with Gasteiger partial charge in [-0.1, -0.05) is 24.3 Å². The maximum atomic E-state index is 5.95. The van der Waals surface area contributed by atoms with E-state index in [4.69, 9.17) is 9.15 Å². The Morgan fingerprint density at radius 1 is 0.957 bits per heavy atom. The van der Waals surface area contributed by atoms with Crippen molar-refractivity contribution < 1.29 is 9.15 Å². The SMILES string of the molecule is c1ccc2c(c1)NC(c1ccc(-c3nc4ccccc4o3)s1)O2. The number of nitrogens with zero attached hydrogens (tertiary/aromatic N) is 1. The first-order valence-corrected chi connectivity index (χ1v) is 8.16. The molecule has 1 N–H and O–H groups in total. The fourth-order valence-corrected chi connectivity index (χ4v) is 3.62. The maximum absolute atomic E-state index is 5.95. The molecule has 23 heavy (non-hydrogen) atoms. The molecule has 0 saturated heterocycles. The molecule has 0 bridgehead atoms. The Balaban J connectivity index is 1.47. The number of para-hydroxylation sites is 4. The Morgan fingerprint density at radius 3 is 2.74 bits per heavy atom. The number of rotatable bonds is 2. The zero-order valence-electron chi connectivity index (χ0n) is 12.0. The van der Waals surface area contributed by atoms with E-state index in [9.17, 15) is 0 Å². The van der Waals surface area contributed by atoms with Gasteiger partial charge in [0.15, 0.2) is 5.58 Å². The van der Waals surface area contributed by atoms with Crippen molar-refractivity contribution in [2.75, 3.05) is 5.32 Å². The van der Waals surface area contributed by atoms with Crippen LogP contribution in [0.15, 0.2) is 65.1 Å². The molecule has 0 saturated carbocycles. The fourth-order valence-electron chi connectivity index (χ4n) is 2.70. The minimum atomic E-state index is -0.157. The lowest BCUT2D eigenvalue weighted by Gasteiger charge is -2.08. The van der Waals surface area contributed by atoms with Crippen molar-refractivity contribution in [3.63, 3.8) is 0 Å². The molecule has 3 heterocycles. The Kier molecular flexibility index (Phi) is 2.69. The Labute approximate surface area is 136 Å². The lowest BCUT2D eigenvalue weighted by molar-refractivity contribution is 0.264. The van der Waals surface area contributed by atoms with Crippen molar-refractivity contribution in [3.05, 3.63) is 65.5 Å². The summed E-state index contributed by atoms with van der Waals surface area (Å²) in [7, 11) is 0. The molecule has 0 aliphatic carbocycles. The van der Waals surface area contributed by atoms with Crippen molar-refractivity contribution in [1.82, 2.24) is 4.98 Å². The van der Waals surface area contributed by atoms with Gasteiger partial charge in [-0.25, -0.2) is 4.98 Å². The van der Waals surface area contributed by atoms with Crippen LogP contribution in [0.4, 0.5) is 5.69 Å². The third kappa shape index (κ3) is 2.09. The monoisotopic (exact) mass is 320 g/mol. The molecule has 5 rings (SSSR count). The van der Waals surface area contributed by atoms with Crippen LogP contribution in [0.5, 0.6) is 5.75 Å². The molecule has 1 atom stereocenters. The van der Waals surface area contributed by atoms with Gasteiger partial charge in [-0.2, -0.15) is 0 Å². The standard InChI is InChI=1S/C18H12N2O2S/c1-3-7-13-11(5-1)19-17(21-13)15-9-10-16(23-15)18-20-12-6-2-4-8-14(12)22-18/h1-10,17,19H. The second kappa shape index (κ2) is 4.86. The quantitative estimate of drug-likeness (QED) is 0.561. The molecule has 2 aromatic heterocycles. The second-order valence-electron chi connectivity index (χ2n) is 5.33. The van der Waals surface area contributed by atoms with Crippen LogP contribution in [-0.2, 0) is 0 Å². The highest BCUT2D eigenvalue weighted by atomic mass is 32.1. The molecule has 5 heteroatoms. The molecule has 1 aliphatic heterocycles. The van der Waals surface area contributed by atoms with Crippen LogP contribution in [-0.4, -0.2) is 4.98 Å². The number of hydrogen-bond acceptors (Lipinski definition) is 5. The van der Waals surface area contributed by atoms with Crippen molar-refractivity contribution in [1.29, 1.82) is 0 Å². The van der Waals surface area contributed by atoms with Gasteiger partial charge in [0.25, 0.3) is 0 Å². The lowest BCUT2D eigenvalue weighted by atomic mass is 10.3. The fraction of sp³-hybridized carbons (Fsp3) is 0.0556. The molecule has 0 fully saturated rings. The van der Waals surface area contributed by atoms with Gasteiger partial charge >= 0.3 is 0 Å². The summed E-state index contributed by atoms with van der Waals surface area (Å²) in [6.45, 7) is 0. The number of benzene rings is 2. The molecule has 1 unspecified atom stereocenters. The highest BCUT2D eigenvalue weighted by molar-refractivity contribution is 7.15. The van der Waals surface area contributed by atoms with Crippen LogP contribution in [0.1, 0.15) is 11.1 Å². The van der Waals surface area contributed by atoms with E-state index in [2.05, 4.69) is 16.4 Å². The third-order valence-corrected chi connectivity index (χ3v) is 4.92. The molecular weight excluding hydrogens is 308 g/mol. The second-order valence-corrected chi connectivity index (χ2v) is 6.44. The third-order valence-electron chi connectivity index (χ3n) is 3.81. The smallest absolute Gasteiger partial charge is 0.237 e. The van der Waals surface area contributed by atoms with Gasteiger partial charge in [-0.15, -0.1) is 11.3 Å². The van der Waals surface area contributed by atoms with E-state index in [0.29, 0.717) is 5.89 Å². The summed E-state index contributed by atoms with van der Waals surface area (Å²) in [6.07, 6.45) is -0.157. The van der Waals surface area contributed by atoms with Crippen LogP contribution in [0.2, 0.25) is 0 Å². The Hall–Kier alpha value is -2.79. The highest BCUT2D eigenvalue weighted by Gasteiger charge is 2.25. The van der Waals surface area contributed by atoms with E-state index in [1.807, 2.05) is 54.6 Å². The number of nitrogens with one attached hydrogen (secondary N) is 1. The van der Waals surface area contributed by atoms with Gasteiger partial charge in [0, 0.05) is 0 Å². The van der Waals surface area contributed by atoms with Crippen LogP contribution in [0, 0.1) is 0 Å². The number of ether oxygens (including phenoxy) is 1. The minimum Gasteiger partial charge on any atom is -0.463 e. The van der Waals surface area contributed by atoms with Crippen LogP contribution < -0.4 is 10.1 Å². The van der Waals surface area contributed by atoms with E-state index in [0.717, 1.165) is 32.3 Å². The molecule has 1 aliphatic rings. The molecule has 2 aromatic carbocycles. The van der Waals surface area contributed by atoms with Crippen molar-refractivity contribution >= 4 is 28.1 Å². The molecule has 0 spiro atoms. The van der Waals surface area contributed by atoms with E-state index < -0.39 is 0 Å². The minimum absolute atomic E-state index is 0.157. The number of aromatic nitrogens is 1. The number of oxazole rings is 1. The molecule has 4 aromatic rings. The van der Waals surface area contributed by atoms with Gasteiger partial charge in [0.2, 0.25) is 12.1 Å². The van der Waals surface area contributed by atoms with Crippen LogP contribution in [0.25, 0.3) is 21.9 Å². The molecular formula is C18H12N2O2S. The highest BCUT2D eigenvalue weighted by Crippen LogP contribution is 2.41. The predicted molar refractivity (Wildman–Crippen MR) is 90.8 cm³/mol. The molecule has 4 nitrogen and oxygen atoms in total. The lowest BCUT2D eigenvalue weighted by Crippen LogP contribution is -2.07. The summed E-state index contributed by atoms with van der Waals surface area (Å²) in [5, 5.41) is 3.38. The first-order chi connectivity index (χ1) is 11.4.